The van der Waals surface area contributed by atoms with E-state index < -0.39 is 0 Å². The lowest BCUT2D eigenvalue weighted by atomic mass is 10.7. The Morgan fingerprint density at radius 3 is 2.29 bits per heavy atom. The lowest BCUT2D eigenvalue weighted by Gasteiger charge is -1.68. The maximum atomic E-state index is 4.55. The quantitative estimate of drug-likeness (QED) is 0.434. The van der Waals surface area contributed by atoms with Crippen LogP contribution in [0.3, 0.4) is 0 Å². The van der Waals surface area contributed by atoms with E-state index in [-0.39, 0.29) is 0 Å². The Kier molecular flexibility index (Phi) is 0.941. The van der Waals surface area contributed by atoms with Crippen LogP contribution in [0.25, 0.3) is 0 Å². The van der Waals surface area contributed by atoms with E-state index in [1.807, 2.05) is 0 Å². The lowest BCUT2D eigenvalue weighted by molar-refractivity contribution is 1.39. The molecule has 0 aromatic rings. The summed E-state index contributed by atoms with van der Waals surface area (Å²) in [6, 6.07) is 0. The second-order valence-corrected chi connectivity index (χ2v) is 1.51. The molecule has 1 rings (SSSR count). The van der Waals surface area contributed by atoms with E-state index in [1.54, 1.807) is 6.92 Å². The monoisotopic (exact) mass is 113 g/mol. The summed E-state index contributed by atoms with van der Waals surface area (Å²) in [5, 5.41) is 7.35. The fourth-order valence-corrected chi connectivity index (χ4v) is 0.471. The average molecular weight is 113 g/mol. The molecule has 0 fully saturated rings. The minimum absolute atomic E-state index is 0.331. The van der Waals surface area contributed by atoms with Crippen molar-refractivity contribution in [1.29, 1.82) is 0 Å². The van der Waals surface area contributed by atoms with Crippen LogP contribution in [0.15, 0.2) is 15.2 Å². The Labute approximate surface area is 46.2 Å². The highest BCUT2D eigenvalue weighted by Gasteiger charge is 1.97. The smallest absolute Gasteiger partial charge is 0.200 e. The summed E-state index contributed by atoms with van der Waals surface area (Å²) in [5.41, 5.74) is 0. The van der Waals surface area contributed by atoms with Crippen molar-refractivity contribution in [1.82, 2.24) is 0 Å². The van der Waals surface area contributed by atoms with Gasteiger partial charge in [-0.1, -0.05) is 0 Å². The summed E-state index contributed by atoms with van der Waals surface area (Å²) in [5.74, 6) is 0.644. The molecule has 3 nitrogen and oxygen atoms in total. The van der Waals surface area contributed by atoms with Crippen LogP contribution in [-0.4, -0.2) is 10.9 Å². The molecule has 1 aliphatic rings. The molecule has 0 saturated heterocycles. The Balaban J connectivity index is 2.88. The maximum Gasteiger partial charge on any atom is 0.241 e. The molecule has 4 heteroatoms. The summed E-state index contributed by atoms with van der Waals surface area (Å²) in [7, 11) is 0. The van der Waals surface area contributed by atoms with Crippen LogP contribution in [0.2, 0.25) is 0 Å². The number of hydrogen-bond acceptors (Lipinski definition) is 2. The third-order valence-corrected chi connectivity index (χ3v) is 0.711. The molecular weight excluding hydrogens is 110 g/mol. The number of nitrogens with zero attached hydrogens (tertiary/aromatic N) is 3. The van der Waals surface area contributed by atoms with E-state index in [4.69, 9.17) is 0 Å². The van der Waals surface area contributed by atoms with Gasteiger partial charge in [0.1, 0.15) is 0 Å². The summed E-state index contributed by atoms with van der Waals surface area (Å²) >= 11 is 4.55. The molecule has 36 valence electrons. The SMILES string of the molecule is CC1=NC(=S)N=N1. The van der Waals surface area contributed by atoms with Crippen LogP contribution < -0.4 is 0 Å². The molecule has 0 N–H and O–H groups in total. The summed E-state index contributed by atoms with van der Waals surface area (Å²) in [4.78, 5) is 3.70. The predicted molar refractivity (Wildman–Crippen MR) is 30.6 cm³/mol. The molecule has 0 saturated carbocycles. The molecule has 0 aromatic carbocycles. The summed E-state index contributed by atoms with van der Waals surface area (Å²) in [6.45, 7) is 1.75. The van der Waals surface area contributed by atoms with Crippen molar-refractivity contribution in [2.24, 2.45) is 15.2 Å². The highest BCUT2D eigenvalue weighted by atomic mass is 32.1. The molecule has 0 spiro atoms. The number of amidine groups is 1. The normalized spacial score (nSPS) is 17.9. The zero-order valence-corrected chi connectivity index (χ0v) is 4.57. The number of hydrogen-bond donors (Lipinski definition) is 0. The second-order valence-electron chi connectivity index (χ2n) is 1.14. The largest absolute Gasteiger partial charge is 0.241 e. The van der Waals surface area contributed by atoms with Gasteiger partial charge in [-0.15, -0.1) is 10.2 Å². The molecule has 0 radical (unpaired) electrons. The number of thiocarbonyl (C=S) groups is 1. The van der Waals surface area contributed by atoms with Crippen LogP contribution in [0.1, 0.15) is 6.92 Å². The first-order valence-corrected chi connectivity index (χ1v) is 2.21. The zero-order chi connectivity index (χ0) is 5.28. The van der Waals surface area contributed by atoms with Crippen molar-refractivity contribution >= 4 is 23.2 Å². The average Bonchev–Trinajstić information content (AvgIpc) is 1.87. The predicted octanol–water partition coefficient (Wildman–Crippen LogP) is 1.16. The van der Waals surface area contributed by atoms with Crippen LogP contribution in [-0.2, 0) is 0 Å². The van der Waals surface area contributed by atoms with Gasteiger partial charge in [0, 0.05) is 0 Å². The standard InChI is InChI=1S/C3H3N3S/c1-2-4-3(7)6-5-2/h1H3. The highest BCUT2D eigenvalue weighted by molar-refractivity contribution is 7.80. The molecule has 0 aliphatic carbocycles. The number of azo groups is 1. The molecule has 0 unspecified atom stereocenters. The van der Waals surface area contributed by atoms with Gasteiger partial charge < -0.3 is 0 Å². The Hall–Kier alpha value is -0.640. The van der Waals surface area contributed by atoms with E-state index in [9.17, 15) is 0 Å². The highest BCUT2D eigenvalue weighted by Crippen LogP contribution is 1.96. The third kappa shape index (κ3) is 0.866. The molecule has 0 atom stereocenters. The molecule has 0 amide bonds. The van der Waals surface area contributed by atoms with E-state index in [0.717, 1.165) is 0 Å². The lowest BCUT2D eigenvalue weighted by Crippen LogP contribution is -1.77. The van der Waals surface area contributed by atoms with Crippen molar-refractivity contribution < 1.29 is 0 Å². The van der Waals surface area contributed by atoms with Crippen LogP contribution in [0, 0.1) is 0 Å². The molecule has 0 bridgehead atoms. The van der Waals surface area contributed by atoms with Crippen molar-refractivity contribution in [3.63, 3.8) is 0 Å². The first kappa shape index (κ1) is 4.52. The molecule has 7 heavy (non-hydrogen) atoms. The van der Waals surface area contributed by atoms with Gasteiger partial charge in [0.05, 0.1) is 0 Å². The summed E-state index contributed by atoms with van der Waals surface area (Å²) < 4.78 is 0. The van der Waals surface area contributed by atoms with Crippen molar-refractivity contribution in [2.45, 2.75) is 6.92 Å². The Bertz CT molecular complexity index is 158. The van der Waals surface area contributed by atoms with Crippen LogP contribution in [0.4, 0.5) is 0 Å². The summed E-state index contributed by atoms with van der Waals surface area (Å²) in [6.07, 6.45) is 0. The van der Waals surface area contributed by atoms with Gasteiger partial charge in [0.15, 0.2) is 5.84 Å². The van der Waals surface area contributed by atoms with Crippen molar-refractivity contribution in [3.8, 4) is 0 Å². The van der Waals surface area contributed by atoms with E-state index in [2.05, 4.69) is 27.4 Å². The van der Waals surface area contributed by atoms with Crippen LogP contribution >= 0.6 is 12.2 Å². The van der Waals surface area contributed by atoms with E-state index >= 15 is 0 Å². The van der Waals surface area contributed by atoms with Crippen molar-refractivity contribution in [3.05, 3.63) is 0 Å². The Morgan fingerprint density at radius 2 is 2.14 bits per heavy atom. The zero-order valence-electron chi connectivity index (χ0n) is 3.75. The first-order valence-electron chi connectivity index (χ1n) is 1.80. The van der Waals surface area contributed by atoms with Gasteiger partial charge in [0.25, 0.3) is 0 Å². The van der Waals surface area contributed by atoms with Gasteiger partial charge in [-0.05, 0) is 19.1 Å². The topological polar surface area (TPSA) is 37.1 Å². The number of aliphatic imine (C=N–C) groups is 1. The molecule has 0 aromatic heterocycles. The van der Waals surface area contributed by atoms with Gasteiger partial charge in [-0.2, -0.15) is 0 Å². The minimum atomic E-state index is 0.331. The third-order valence-electron chi connectivity index (χ3n) is 0.538. The maximum absolute atomic E-state index is 4.55. The fourth-order valence-electron chi connectivity index (χ4n) is 0.298. The molecule has 1 heterocycles. The van der Waals surface area contributed by atoms with Crippen LogP contribution in [0.5, 0.6) is 0 Å². The van der Waals surface area contributed by atoms with E-state index in [0.29, 0.717) is 10.9 Å². The number of rotatable bonds is 0. The fraction of sp³-hybridized carbons (Fsp3) is 0.333. The second kappa shape index (κ2) is 1.46. The molecular formula is C3H3N3S. The van der Waals surface area contributed by atoms with E-state index in [1.165, 1.54) is 0 Å². The van der Waals surface area contributed by atoms with Crippen molar-refractivity contribution in [2.75, 3.05) is 0 Å². The van der Waals surface area contributed by atoms with Gasteiger partial charge >= 0.3 is 0 Å². The Morgan fingerprint density at radius 1 is 1.43 bits per heavy atom. The minimum Gasteiger partial charge on any atom is -0.200 e. The van der Waals surface area contributed by atoms with Gasteiger partial charge in [-0.3, -0.25) is 0 Å². The van der Waals surface area contributed by atoms with Gasteiger partial charge in [-0.25, -0.2) is 4.99 Å². The first-order chi connectivity index (χ1) is 3.29. The van der Waals surface area contributed by atoms with Gasteiger partial charge in [0.2, 0.25) is 5.11 Å². The molecule has 1 aliphatic heterocycles.